The quantitative estimate of drug-likeness (QED) is 0.495. The number of hydrazone groups is 1. The van der Waals surface area contributed by atoms with Crippen LogP contribution >= 0.6 is 11.3 Å². The zero-order valence-corrected chi connectivity index (χ0v) is 16.8. The van der Waals surface area contributed by atoms with Crippen molar-refractivity contribution in [3.8, 4) is 5.75 Å². The second kappa shape index (κ2) is 7.02. The van der Waals surface area contributed by atoms with Crippen LogP contribution in [0.15, 0.2) is 28.7 Å². The highest BCUT2D eigenvalue weighted by atomic mass is 32.1. The lowest BCUT2D eigenvalue weighted by molar-refractivity contribution is 0.00578. The summed E-state index contributed by atoms with van der Waals surface area (Å²) in [5, 5.41) is 6.99. The van der Waals surface area contributed by atoms with Crippen molar-refractivity contribution in [3.63, 3.8) is 0 Å². The van der Waals surface area contributed by atoms with E-state index in [0.29, 0.717) is 0 Å². The molecule has 2 aromatic rings. The van der Waals surface area contributed by atoms with E-state index >= 15 is 0 Å². The summed E-state index contributed by atoms with van der Waals surface area (Å²) < 4.78 is 17.7. The molecule has 1 aliphatic rings. The van der Waals surface area contributed by atoms with Crippen molar-refractivity contribution < 1.29 is 14.0 Å². The Kier molecular flexibility index (Phi) is 5.10. The largest absolute Gasteiger partial charge is 0.496 e. The molecule has 6 nitrogen and oxygen atoms in total. The van der Waals surface area contributed by atoms with Crippen molar-refractivity contribution in [3.05, 3.63) is 34.8 Å². The van der Waals surface area contributed by atoms with Crippen LogP contribution in [0, 0.1) is 6.92 Å². The predicted octanol–water partition coefficient (Wildman–Crippen LogP) is 3.21. The van der Waals surface area contributed by atoms with E-state index in [1.807, 2.05) is 58.2 Å². The standard InChI is InChI=1S/C18H24BN3O3S/c1-12-11-26-16(21-12)22-20-10-13-9-14(7-8-15(13)23-6)19-24-17(2,3)18(4,5)25-19/h7-11H,1-6H3,(H,21,22). The number of anilines is 1. The van der Waals surface area contributed by atoms with Gasteiger partial charge in [0, 0.05) is 10.9 Å². The Morgan fingerprint density at radius 1 is 1.23 bits per heavy atom. The third-order valence-corrected chi connectivity index (χ3v) is 5.63. The minimum Gasteiger partial charge on any atom is -0.496 e. The molecule has 1 N–H and O–H groups in total. The molecule has 1 aromatic carbocycles. The number of thiazole rings is 1. The monoisotopic (exact) mass is 373 g/mol. The van der Waals surface area contributed by atoms with E-state index in [1.165, 1.54) is 11.3 Å². The molecule has 0 aliphatic carbocycles. The number of methoxy groups -OCH3 is 1. The van der Waals surface area contributed by atoms with E-state index < -0.39 is 7.12 Å². The molecule has 0 saturated carbocycles. The first-order valence-corrected chi connectivity index (χ1v) is 9.34. The molecule has 0 unspecified atom stereocenters. The summed E-state index contributed by atoms with van der Waals surface area (Å²) in [6.07, 6.45) is 1.71. The molecule has 0 radical (unpaired) electrons. The van der Waals surface area contributed by atoms with E-state index in [1.54, 1.807) is 13.3 Å². The van der Waals surface area contributed by atoms with Crippen LogP contribution in [0.25, 0.3) is 0 Å². The Hall–Kier alpha value is -1.90. The van der Waals surface area contributed by atoms with Gasteiger partial charge in [-0.05, 0) is 52.2 Å². The Balaban J connectivity index is 1.81. The van der Waals surface area contributed by atoms with Gasteiger partial charge in [-0.2, -0.15) is 5.10 Å². The van der Waals surface area contributed by atoms with Crippen LogP contribution in [0.5, 0.6) is 5.75 Å². The molecular formula is C18H24BN3O3S. The molecule has 1 saturated heterocycles. The van der Waals surface area contributed by atoms with E-state index in [0.717, 1.165) is 27.6 Å². The van der Waals surface area contributed by atoms with Gasteiger partial charge in [0.25, 0.3) is 0 Å². The lowest BCUT2D eigenvalue weighted by atomic mass is 9.78. The fourth-order valence-corrected chi connectivity index (χ4v) is 3.18. The molecule has 0 bridgehead atoms. The molecule has 1 aromatic heterocycles. The van der Waals surface area contributed by atoms with Crippen molar-refractivity contribution in [2.24, 2.45) is 5.10 Å². The van der Waals surface area contributed by atoms with Crippen molar-refractivity contribution in [2.45, 2.75) is 45.8 Å². The number of rotatable bonds is 5. The molecule has 0 amide bonds. The van der Waals surface area contributed by atoms with Gasteiger partial charge in [-0.15, -0.1) is 11.3 Å². The Morgan fingerprint density at radius 3 is 2.50 bits per heavy atom. The van der Waals surface area contributed by atoms with E-state index in [4.69, 9.17) is 14.0 Å². The predicted molar refractivity (Wildman–Crippen MR) is 107 cm³/mol. The first-order chi connectivity index (χ1) is 12.2. The Bertz CT molecular complexity index is 804. The zero-order valence-electron chi connectivity index (χ0n) is 16.0. The topological polar surface area (TPSA) is 65.0 Å². The average molecular weight is 373 g/mol. The van der Waals surface area contributed by atoms with Crippen LogP contribution in [0.3, 0.4) is 0 Å². The zero-order chi connectivity index (χ0) is 18.9. The maximum absolute atomic E-state index is 6.12. The second-order valence-electron chi connectivity index (χ2n) is 7.25. The number of benzene rings is 1. The van der Waals surface area contributed by atoms with Gasteiger partial charge in [0.2, 0.25) is 5.13 Å². The lowest BCUT2D eigenvalue weighted by Gasteiger charge is -2.32. The van der Waals surface area contributed by atoms with Crippen molar-refractivity contribution in [1.82, 2.24) is 4.98 Å². The SMILES string of the molecule is COc1ccc(B2OC(C)(C)C(C)(C)O2)cc1C=NNc1nc(C)cs1. The van der Waals surface area contributed by atoms with Gasteiger partial charge in [-0.1, -0.05) is 6.07 Å². The van der Waals surface area contributed by atoms with Gasteiger partial charge in [-0.3, -0.25) is 5.43 Å². The van der Waals surface area contributed by atoms with Crippen LogP contribution in [0.4, 0.5) is 5.13 Å². The van der Waals surface area contributed by atoms with Gasteiger partial charge < -0.3 is 14.0 Å². The minimum atomic E-state index is -0.423. The van der Waals surface area contributed by atoms with E-state index in [-0.39, 0.29) is 11.2 Å². The number of hydrogen-bond acceptors (Lipinski definition) is 7. The van der Waals surface area contributed by atoms with Crippen LogP contribution < -0.4 is 15.6 Å². The Labute approximate surface area is 158 Å². The summed E-state index contributed by atoms with van der Waals surface area (Å²) in [7, 11) is 1.21. The van der Waals surface area contributed by atoms with Gasteiger partial charge in [0.1, 0.15) is 5.75 Å². The summed E-state index contributed by atoms with van der Waals surface area (Å²) in [5.41, 5.74) is 4.91. The fraction of sp³-hybridized carbons (Fsp3) is 0.444. The maximum Gasteiger partial charge on any atom is 0.494 e. The molecule has 0 atom stereocenters. The molecule has 0 spiro atoms. The first-order valence-electron chi connectivity index (χ1n) is 8.46. The minimum absolute atomic E-state index is 0.379. The maximum atomic E-state index is 6.12. The van der Waals surface area contributed by atoms with E-state index in [2.05, 4.69) is 15.5 Å². The second-order valence-corrected chi connectivity index (χ2v) is 8.11. The highest BCUT2D eigenvalue weighted by Gasteiger charge is 2.51. The molecular weight excluding hydrogens is 349 g/mol. The number of aromatic nitrogens is 1. The van der Waals surface area contributed by atoms with Crippen LogP contribution in [0.2, 0.25) is 0 Å². The smallest absolute Gasteiger partial charge is 0.494 e. The molecule has 1 fully saturated rings. The molecule has 8 heteroatoms. The van der Waals surface area contributed by atoms with Gasteiger partial charge in [-0.25, -0.2) is 4.98 Å². The van der Waals surface area contributed by atoms with Gasteiger partial charge >= 0.3 is 7.12 Å². The number of nitrogens with zero attached hydrogens (tertiary/aromatic N) is 2. The first kappa shape index (κ1) is 18.9. The summed E-state index contributed by atoms with van der Waals surface area (Å²) in [6, 6.07) is 5.82. The average Bonchev–Trinajstić information content (AvgIpc) is 3.07. The van der Waals surface area contributed by atoms with Crippen molar-refractivity contribution in [1.29, 1.82) is 0 Å². The highest BCUT2D eigenvalue weighted by Crippen LogP contribution is 2.36. The lowest BCUT2D eigenvalue weighted by Crippen LogP contribution is -2.41. The summed E-state index contributed by atoms with van der Waals surface area (Å²) >= 11 is 1.51. The van der Waals surface area contributed by atoms with Gasteiger partial charge in [0.15, 0.2) is 0 Å². The van der Waals surface area contributed by atoms with E-state index in [9.17, 15) is 0 Å². The third-order valence-electron chi connectivity index (χ3n) is 4.76. The third kappa shape index (κ3) is 3.77. The number of nitrogens with one attached hydrogen (secondary N) is 1. The molecule has 138 valence electrons. The van der Waals surface area contributed by atoms with Crippen molar-refractivity contribution >= 4 is 35.3 Å². The molecule has 3 rings (SSSR count). The van der Waals surface area contributed by atoms with Crippen molar-refractivity contribution in [2.75, 3.05) is 12.5 Å². The molecule has 1 aliphatic heterocycles. The summed E-state index contributed by atoms with van der Waals surface area (Å²) in [6.45, 7) is 10.1. The summed E-state index contributed by atoms with van der Waals surface area (Å²) in [4.78, 5) is 4.32. The van der Waals surface area contributed by atoms with Crippen LogP contribution in [-0.4, -0.2) is 36.6 Å². The summed E-state index contributed by atoms with van der Waals surface area (Å²) in [5.74, 6) is 0.728. The normalized spacial score (nSPS) is 18.5. The van der Waals surface area contributed by atoms with Crippen LogP contribution in [0.1, 0.15) is 39.0 Å². The van der Waals surface area contributed by atoms with Gasteiger partial charge in [0.05, 0.1) is 30.2 Å². The number of aryl methyl sites for hydroxylation is 1. The number of ether oxygens (including phenoxy) is 1. The highest BCUT2D eigenvalue weighted by molar-refractivity contribution is 7.13. The Morgan fingerprint density at radius 2 is 1.92 bits per heavy atom. The molecule has 26 heavy (non-hydrogen) atoms. The number of hydrogen-bond donors (Lipinski definition) is 1. The molecule has 2 heterocycles. The fourth-order valence-electron chi connectivity index (χ4n) is 2.54. The van der Waals surface area contributed by atoms with Crippen LogP contribution in [-0.2, 0) is 9.31 Å².